The van der Waals surface area contributed by atoms with E-state index in [9.17, 15) is 28.5 Å². The number of rotatable bonds is 7. The molecule has 4 aromatic rings. The van der Waals surface area contributed by atoms with Gasteiger partial charge >= 0.3 is 6.61 Å². The number of carbonyl (C=O) groups excluding carboxylic acids is 1. The van der Waals surface area contributed by atoms with Crippen LogP contribution in [0.25, 0.3) is 16.6 Å². The van der Waals surface area contributed by atoms with Crippen LogP contribution in [0.2, 0.25) is 0 Å². The van der Waals surface area contributed by atoms with Gasteiger partial charge in [0.05, 0.1) is 28.7 Å². The molecule has 2 heterocycles. The van der Waals surface area contributed by atoms with Crippen molar-refractivity contribution in [2.45, 2.75) is 27.0 Å². The van der Waals surface area contributed by atoms with Crippen LogP contribution in [0.3, 0.4) is 0 Å². The molecule has 0 aliphatic heterocycles. The maximum Gasteiger partial charge on any atom is 0.387 e. The summed E-state index contributed by atoms with van der Waals surface area (Å²) in [5.74, 6) is -0.341. The number of hydrogen-bond acceptors (Lipinski definition) is 6. The lowest BCUT2D eigenvalue weighted by molar-refractivity contribution is -0.384. The minimum absolute atomic E-state index is 0.0147. The van der Waals surface area contributed by atoms with E-state index in [1.807, 2.05) is 0 Å². The molecule has 174 valence electrons. The quantitative estimate of drug-likeness (QED) is 0.229. The Kier molecular flexibility index (Phi) is 5.93. The normalized spacial score (nSPS) is 11.2. The predicted molar refractivity (Wildman–Crippen MR) is 119 cm³/mol. The summed E-state index contributed by atoms with van der Waals surface area (Å²) >= 11 is 0. The highest BCUT2D eigenvalue weighted by Gasteiger charge is 2.19. The van der Waals surface area contributed by atoms with E-state index in [1.54, 1.807) is 36.6 Å². The Morgan fingerprint density at radius 2 is 1.85 bits per heavy atom. The first-order chi connectivity index (χ1) is 16.2. The number of ketones is 1. The van der Waals surface area contributed by atoms with Crippen molar-refractivity contribution >= 4 is 22.4 Å². The number of nitro groups is 1. The molecular weight excluding hydrogens is 450 g/mol. The van der Waals surface area contributed by atoms with Crippen molar-refractivity contribution in [1.29, 1.82) is 0 Å². The zero-order valence-corrected chi connectivity index (χ0v) is 18.1. The van der Waals surface area contributed by atoms with Crippen LogP contribution in [0, 0.1) is 24.0 Å². The molecule has 0 N–H and O–H groups in total. The lowest BCUT2D eigenvalue weighted by Gasteiger charge is -2.11. The van der Waals surface area contributed by atoms with Gasteiger partial charge in [0.15, 0.2) is 5.78 Å². The number of aromatic nitrogens is 3. The van der Waals surface area contributed by atoms with Gasteiger partial charge in [-0.1, -0.05) is 0 Å². The highest BCUT2D eigenvalue weighted by Crippen LogP contribution is 2.24. The number of nitro benzene ring substituents is 1. The molecule has 0 bridgehead atoms. The summed E-state index contributed by atoms with van der Waals surface area (Å²) in [6.45, 7) is 0.282. The van der Waals surface area contributed by atoms with Gasteiger partial charge in [-0.15, -0.1) is 0 Å². The molecule has 0 aliphatic rings. The summed E-state index contributed by atoms with van der Waals surface area (Å²) in [7, 11) is 0. The number of alkyl halides is 2. The van der Waals surface area contributed by atoms with Crippen LogP contribution >= 0.6 is 0 Å². The fourth-order valence-corrected chi connectivity index (χ4v) is 3.83. The van der Waals surface area contributed by atoms with E-state index in [2.05, 4.69) is 9.72 Å². The maximum atomic E-state index is 13.1. The van der Waals surface area contributed by atoms with Crippen LogP contribution in [0.15, 0.2) is 59.7 Å². The molecule has 2 aromatic heterocycles. The molecule has 11 heteroatoms. The molecule has 9 nitrogen and oxygen atoms in total. The smallest absolute Gasteiger partial charge is 0.387 e. The Hall–Kier alpha value is -4.41. The summed E-state index contributed by atoms with van der Waals surface area (Å²) < 4.78 is 32.0. The fourth-order valence-electron chi connectivity index (χ4n) is 3.83. The number of nitrogens with zero attached hydrogens (tertiary/aromatic N) is 4. The van der Waals surface area contributed by atoms with Crippen LogP contribution in [0.4, 0.5) is 14.5 Å². The average Bonchev–Trinajstić information content (AvgIpc) is 3.09. The van der Waals surface area contributed by atoms with E-state index in [0.29, 0.717) is 16.9 Å². The van der Waals surface area contributed by atoms with Crippen LogP contribution < -0.4 is 10.3 Å². The molecule has 0 amide bonds. The van der Waals surface area contributed by atoms with Gasteiger partial charge in [0, 0.05) is 34.8 Å². The number of fused-ring (bicyclic) bond motifs is 1. The van der Waals surface area contributed by atoms with Crippen molar-refractivity contribution in [3.8, 4) is 11.4 Å². The molecule has 0 fully saturated rings. The Balaban J connectivity index is 1.64. The molecule has 0 radical (unpaired) electrons. The van der Waals surface area contributed by atoms with E-state index in [0.717, 1.165) is 16.3 Å². The number of halogens is 2. The Labute approximate surface area is 191 Å². The second-order valence-electron chi connectivity index (χ2n) is 7.55. The van der Waals surface area contributed by atoms with Crippen molar-refractivity contribution in [2.75, 3.05) is 0 Å². The Bertz CT molecular complexity index is 1480. The third-order valence-electron chi connectivity index (χ3n) is 5.38. The molecule has 0 saturated heterocycles. The lowest BCUT2D eigenvalue weighted by atomic mass is 10.1. The van der Waals surface area contributed by atoms with Crippen molar-refractivity contribution < 1.29 is 23.2 Å². The molecule has 0 saturated carbocycles. The van der Waals surface area contributed by atoms with Gasteiger partial charge in [0.25, 0.3) is 11.2 Å². The number of aryl methyl sites for hydroxylation is 1. The van der Waals surface area contributed by atoms with E-state index in [1.165, 1.54) is 30.6 Å². The number of hydrogen-bond donors (Lipinski definition) is 0. The van der Waals surface area contributed by atoms with Crippen LogP contribution in [0.1, 0.15) is 21.7 Å². The van der Waals surface area contributed by atoms with Gasteiger partial charge in [0.1, 0.15) is 5.75 Å². The van der Waals surface area contributed by atoms with Crippen LogP contribution in [0.5, 0.6) is 5.75 Å². The summed E-state index contributed by atoms with van der Waals surface area (Å²) in [6, 6.07) is 11.4. The molecular formula is C23H18F2N4O5. The van der Waals surface area contributed by atoms with E-state index in [4.69, 9.17) is 0 Å². The highest BCUT2D eigenvalue weighted by atomic mass is 19.3. The fraction of sp³-hybridized carbons (Fsp3) is 0.174. The molecule has 0 spiro atoms. The van der Waals surface area contributed by atoms with Gasteiger partial charge in [-0.2, -0.15) is 8.78 Å². The molecule has 2 aromatic carbocycles. The number of Topliss-reactive ketones (excluding diaryl/α,β-unsaturated/α-hetero) is 1. The summed E-state index contributed by atoms with van der Waals surface area (Å²) in [5, 5.41) is 11.1. The zero-order valence-electron chi connectivity index (χ0n) is 18.1. The molecule has 0 unspecified atom stereocenters. The van der Waals surface area contributed by atoms with Gasteiger partial charge in [-0.3, -0.25) is 24.3 Å². The average molecular weight is 468 g/mol. The number of ether oxygens (including phenoxy) is 1. The first-order valence-electron chi connectivity index (χ1n) is 10.1. The molecule has 4 rings (SSSR count). The van der Waals surface area contributed by atoms with E-state index in [-0.39, 0.29) is 34.7 Å². The summed E-state index contributed by atoms with van der Waals surface area (Å²) in [5.41, 5.74) is 1.82. The molecule has 0 aliphatic carbocycles. The second-order valence-corrected chi connectivity index (χ2v) is 7.55. The standard InChI is InChI=1S/C23H18F2N4O5/c1-13-9-18(14(2)28(13)15-3-6-17(7-4-15)34-23(24)25)21(30)11-27-12-26-20-8-5-16(29(32)33)10-19(20)22(27)31/h3-10,12,23H,11H2,1-2H3. The van der Waals surface area contributed by atoms with Gasteiger partial charge in [0.2, 0.25) is 0 Å². The monoisotopic (exact) mass is 468 g/mol. The van der Waals surface area contributed by atoms with Crippen LogP contribution in [-0.2, 0) is 6.54 Å². The SMILES string of the molecule is Cc1cc(C(=O)Cn2cnc3ccc([N+](=O)[O-])cc3c2=O)c(C)n1-c1ccc(OC(F)F)cc1. The third kappa shape index (κ3) is 4.27. The molecule has 34 heavy (non-hydrogen) atoms. The first kappa shape index (κ1) is 22.8. The maximum absolute atomic E-state index is 13.1. The minimum Gasteiger partial charge on any atom is -0.435 e. The third-order valence-corrected chi connectivity index (χ3v) is 5.38. The van der Waals surface area contributed by atoms with Gasteiger partial charge < -0.3 is 9.30 Å². The molecule has 0 atom stereocenters. The van der Waals surface area contributed by atoms with E-state index < -0.39 is 17.1 Å². The highest BCUT2D eigenvalue weighted by molar-refractivity contribution is 5.97. The van der Waals surface area contributed by atoms with Crippen molar-refractivity contribution in [1.82, 2.24) is 14.1 Å². The zero-order chi connectivity index (χ0) is 24.6. The van der Waals surface area contributed by atoms with Gasteiger partial charge in [-0.05, 0) is 50.2 Å². The van der Waals surface area contributed by atoms with E-state index >= 15 is 0 Å². The number of benzene rings is 2. The second kappa shape index (κ2) is 8.85. The van der Waals surface area contributed by atoms with Crippen molar-refractivity contribution in [3.05, 3.63) is 92.3 Å². The predicted octanol–water partition coefficient (Wildman–Crippen LogP) is 4.20. The first-order valence-corrected chi connectivity index (χ1v) is 10.1. The van der Waals surface area contributed by atoms with Crippen molar-refractivity contribution in [2.24, 2.45) is 0 Å². The van der Waals surface area contributed by atoms with Gasteiger partial charge in [-0.25, -0.2) is 4.98 Å². The number of carbonyl (C=O) groups is 1. The topological polar surface area (TPSA) is 109 Å². The largest absolute Gasteiger partial charge is 0.435 e. The Morgan fingerprint density at radius 3 is 2.50 bits per heavy atom. The van der Waals surface area contributed by atoms with Crippen molar-refractivity contribution in [3.63, 3.8) is 0 Å². The lowest BCUT2D eigenvalue weighted by Crippen LogP contribution is -2.25. The van der Waals surface area contributed by atoms with Crippen LogP contribution in [-0.4, -0.2) is 31.4 Å². The number of non-ortho nitro benzene ring substituents is 1. The summed E-state index contributed by atoms with van der Waals surface area (Å²) in [6.07, 6.45) is 1.23. The minimum atomic E-state index is -2.93. The Morgan fingerprint density at radius 1 is 1.15 bits per heavy atom. The summed E-state index contributed by atoms with van der Waals surface area (Å²) in [4.78, 5) is 40.4.